The predicted octanol–water partition coefficient (Wildman–Crippen LogP) is 5.27. The van der Waals surface area contributed by atoms with Gasteiger partial charge in [-0.25, -0.2) is 4.98 Å². The SMILES string of the molecule is Cc1ccc(CC(=O)Nc2ccc3nc(N4CCC(C)CC4)cc(C)c3c2)cc1. The molecule has 2 heterocycles. The number of benzene rings is 2. The van der Waals surface area contributed by atoms with E-state index in [1.54, 1.807) is 0 Å². The minimum Gasteiger partial charge on any atom is -0.357 e. The monoisotopic (exact) mass is 387 g/mol. The van der Waals surface area contributed by atoms with Gasteiger partial charge in [0.2, 0.25) is 5.91 Å². The van der Waals surface area contributed by atoms with Crippen molar-refractivity contribution in [1.82, 2.24) is 4.98 Å². The number of piperidine rings is 1. The normalized spacial score (nSPS) is 14.9. The van der Waals surface area contributed by atoms with Gasteiger partial charge in [-0.2, -0.15) is 0 Å². The molecule has 0 atom stereocenters. The summed E-state index contributed by atoms with van der Waals surface area (Å²) in [5.41, 5.74) is 5.21. The number of nitrogens with one attached hydrogen (secondary N) is 1. The molecule has 1 aliphatic heterocycles. The fourth-order valence-electron chi connectivity index (χ4n) is 3.95. The van der Waals surface area contributed by atoms with Gasteiger partial charge in [-0.15, -0.1) is 0 Å². The highest BCUT2D eigenvalue weighted by Crippen LogP contribution is 2.28. The van der Waals surface area contributed by atoms with Crippen molar-refractivity contribution < 1.29 is 4.79 Å². The molecule has 1 saturated heterocycles. The van der Waals surface area contributed by atoms with E-state index in [-0.39, 0.29) is 5.91 Å². The highest BCUT2D eigenvalue weighted by Gasteiger charge is 2.18. The van der Waals surface area contributed by atoms with Crippen LogP contribution in [-0.4, -0.2) is 24.0 Å². The number of nitrogens with zero attached hydrogens (tertiary/aromatic N) is 2. The third-order valence-corrected chi connectivity index (χ3v) is 5.88. The summed E-state index contributed by atoms with van der Waals surface area (Å²) >= 11 is 0. The molecule has 0 spiro atoms. The Labute approximate surface area is 173 Å². The lowest BCUT2D eigenvalue weighted by atomic mass is 9.99. The maximum absolute atomic E-state index is 12.4. The highest BCUT2D eigenvalue weighted by atomic mass is 16.1. The van der Waals surface area contributed by atoms with E-state index in [1.165, 1.54) is 24.0 Å². The van der Waals surface area contributed by atoms with Crippen LogP contribution in [-0.2, 0) is 11.2 Å². The van der Waals surface area contributed by atoms with E-state index in [1.807, 2.05) is 49.4 Å². The second kappa shape index (κ2) is 8.24. The topological polar surface area (TPSA) is 45.2 Å². The summed E-state index contributed by atoms with van der Waals surface area (Å²) in [6.45, 7) is 8.65. The number of rotatable bonds is 4. The van der Waals surface area contributed by atoms with Gasteiger partial charge < -0.3 is 10.2 Å². The molecular weight excluding hydrogens is 358 g/mol. The number of fused-ring (bicyclic) bond motifs is 1. The molecule has 4 nitrogen and oxygen atoms in total. The molecule has 4 rings (SSSR count). The van der Waals surface area contributed by atoms with Gasteiger partial charge >= 0.3 is 0 Å². The largest absolute Gasteiger partial charge is 0.357 e. The van der Waals surface area contributed by atoms with Gasteiger partial charge in [0.05, 0.1) is 11.9 Å². The maximum Gasteiger partial charge on any atom is 0.228 e. The van der Waals surface area contributed by atoms with E-state index >= 15 is 0 Å². The number of amides is 1. The molecule has 2 aromatic carbocycles. The number of hydrogen-bond donors (Lipinski definition) is 1. The lowest BCUT2D eigenvalue weighted by Gasteiger charge is -2.31. The summed E-state index contributed by atoms with van der Waals surface area (Å²) < 4.78 is 0. The van der Waals surface area contributed by atoms with Gasteiger partial charge in [-0.1, -0.05) is 36.8 Å². The Balaban J connectivity index is 1.50. The van der Waals surface area contributed by atoms with Crippen LogP contribution in [0.2, 0.25) is 0 Å². The number of aryl methyl sites for hydroxylation is 2. The van der Waals surface area contributed by atoms with E-state index < -0.39 is 0 Å². The molecule has 150 valence electrons. The van der Waals surface area contributed by atoms with Crippen LogP contribution in [0.4, 0.5) is 11.5 Å². The zero-order valence-corrected chi connectivity index (χ0v) is 17.5. The van der Waals surface area contributed by atoms with E-state index in [2.05, 4.69) is 30.1 Å². The van der Waals surface area contributed by atoms with E-state index in [4.69, 9.17) is 4.98 Å². The quantitative estimate of drug-likeness (QED) is 0.663. The van der Waals surface area contributed by atoms with Gasteiger partial charge in [0.1, 0.15) is 5.82 Å². The lowest BCUT2D eigenvalue weighted by Crippen LogP contribution is -2.33. The van der Waals surface area contributed by atoms with Gasteiger partial charge in [0.15, 0.2) is 0 Å². The first-order valence-corrected chi connectivity index (χ1v) is 10.5. The second-order valence-corrected chi connectivity index (χ2v) is 8.41. The van der Waals surface area contributed by atoms with Crippen molar-refractivity contribution in [3.05, 3.63) is 65.2 Å². The Kier molecular flexibility index (Phi) is 5.52. The molecule has 1 N–H and O–H groups in total. The Hall–Kier alpha value is -2.88. The average Bonchev–Trinajstić information content (AvgIpc) is 2.70. The van der Waals surface area contributed by atoms with Crippen LogP contribution >= 0.6 is 0 Å². The van der Waals surface area contributed by atoms with Crippen LogP contribution in [0.5, 0.6) is 0 Å². The number of pyridine rings is 1. The molecule has 0 aliphatic carbocycles. The summed E-state index contributed by atoms with van der Waals surface area (Å²) in [5.74, 6) is 1.87. The van der Waals surface area contributed by atoms with E-state index in [9.17, 15) is 4.79 Å². The lowest BCUT2D eigenvalue weighted by molar-refractivity contribution is -0.115. The van der Waals surface area contributed by atoms with Crippen LogP contribution in [0.1, 0.15) is 36.5 Å². The molecule has 0 unspecified atom stereocenters. The number of carbonyl (C=O) groups excluding carboxylic acids is 1. The van der Waals surface area contributed by atoms with Crippen molar-refractivity contribution in [2.24, 2.45) is 5.92 Å². The summed E-state index contributed by atoms with van der Waals surface area (Å²) in [6, 6.07) is 16.3. The predicted molar refractivity (Wildman–Crippen MR) is 121 cm³/mol. The van der Waals surface area contributed by atoms with Gasteiger partial charge in [0.25, 0.3) is 0 Å². The van der Waals surface area contributed by atoms with Gasteiger partial charge in [-0.05, 0) is 68.0 Å². The zero-order chi connectivity index (χ0) is 20.4. The number of carbonyl (C=O) groups is 1. The molecule has 4 heteroatoms. The number of aromatic nitrogens is 1. The molecule has 1 amide bonds. The van der Waals surface area contributed by atoms with Crippen LogP contribution in [0.25, 0.3) is 10.9 Å². The molecule has 0 saturated carbocycles. The summed E-state index contributed by atoms with van der Waals surface area (Å²) in [5, 5.41) is 4.12. The van der Waals surface area contributed by atoms with Crippen LogP contribution in [0.3, 0.4) is 0 Å². The standard InChI is InChI=1S/C25H29N3O/c1-17-4-6-20(7-5-17)15-25(29)26-21-8-9-23-22(16-21)19(3)14-24(27-23)28-12-10-18(2)11-13-28/h4-9,14,16,18H,10-13,15H2,1-3H3,(H,26,29). The van der Waals surface area contributed by atoms with Crippen molar-refractivity contribution in [3.8, 4) is 0 Å². The second-order valence-electron chi connectivity index (χ2n) is 8.41. The molecule has 1 fully saturated rings. The van der Waals surface area contributed by atoms with Crippen molar-refractivity contribution in [3.63, 3.8) is 0 Å². The molecule has 0 bridgehead atoms. The summed E-state index contributed by atoms with van der Waals surface area (Å²) in [4.78, 5) is 19.7. The molecule has 3 aromatic rings. The van der Waals surface area contributed by atoms with Gasteiger partial charge in [-0.3, -0.25) is 4.79 Å². The number of hydrogen-bond acceptors (Lipinski definition) is 3. The summed E-state index contributed by atoms with van der Waals surface area (Å²) in [6.07, 6.45) is 2.83. The first kappa shape index (κ1) is 19.4. The van der Waals surface area contributed by atoms with Gasteiger partial charge in [0, 0.05) is 24.2 Å². The highest BCUT2D eigenvalue weighted by molar-refractivity contribution is 5.95. The first-order chi connectivity index (χ1) is 14.0. The van der Waals surface area contributed by atoms with Crippen LogP contribution < -0.4 is 10.2 Å². The Morgan fingerprint density at radius 2 is 1.79 bits per heavy atom. The smallest absolute Gasteiger partial charge is 0.228 e. The average molecular weight is 388 g/mol. The van der Waals surface area contributed by atoms with Crippen LogP contribution in [0, 0.1) is 19.8 Å². The van der Waals surface area contributed by atoms with Crippen molar-refractivity contribution >= 4 is 28.3 Å². The third kappa shape index (κ3) is 4.58. The first-order valence-electron chi connectivity index (χ1n) is 10.5. The Morgan fingerprint density at radius 3 is 2.52 bits per heavy atom. The fourth-order valence-corrected chi connectivity index (χ4v) is 3.95. The fraction of sp³-hybridized carbons (Fsp3) is 0.360. The minimum atomic E-state index is -0.00197. The van der Waals surface area contributed by atoms with Crippen molar-refractivity contribution in [1.29, 1.82) is 0 Å². The third-order valence-electron chi connectivity index (χ3n) is 5.88. The Morgan fingerprint density at radius 1 is 1.07 bits per heavy atom. The molecule has 29 heavy (non-hydrogen) atoms. The van der Waals surface area contributed by atoms with Crippen molar-refractivity contribution in [2.75, 3.05) is 23.3 Å². The van der Waals surface area contributed by atoms with Crippen molar-refractivity contribution in [2.45, 2.75) is 40.0 Å². The molecular formula is C25H29N3O. The minimum absolute atomic E-state index is 0.00197. The molecule has 0 radical (unpaired) electrons. The van der Waals surface area contributed by atoms with E-state index in [0.29, 0.717) is 6.42 Å². The number of anilines is 2. The summed E-state index contributed by atoms with van der Waals surface area (Å²) in [7, 11) is 0. The maximum atomic E-state index is 12.4. The van der Waals surface area contributed by atoms with E-state index in [0.717, 1.165) is 47.0 Å². The Bertz CT molecular complexity index is 1020. The van der Waals surface area contributed by atoms with Crippen LogP contribution in [0.15, 0.2) is 48.5 Å². The molecule has 1 aliphatic rings. The molecule has 1 aromatic heterocycles. The zero-order valence-electron chi connectivity index (χ0n) is 17.5.